The van der Waals surface area contributed by atoms with Crippen LogP contribution in [-0.2, 0) is 5.41 Å². The Bertz CT molecular complexity index is 1870. The summed E-state index contributed by atoms with van der Waals surface area (Å²) in [5, 5.41) is 12.8. The number of rotatable bonds is 5. The lowest BCUT2D eigenvalue weighted by atomic mass is 9.71. The number of nitrogens with one attached hydrogen (secondary N) is 1. The summed E-state index contributed by atoms with van der Waals surface area (Å²) in [7, 11) is 0. The summed E-state index contributed by atoms with van der Waals surface area (Å²) in [4.78, 5) is 4.36. The Morgan fingerprint density at radius 1 is 0.810 bits per heavy atom. The average molecular weight is 545 g/mol. The van der Waals surface area contributed by atoms with Crippen LogP contribution in [0, 0.1) is 23.2 Å². The fraction of sp³-hybridized carbons (Fsp3) is 0.158. The first-order chi connectivity index (χ1) is 20.4. The number of aromatic nitrogens is 1. The van der Waals surface area contributed by atoms with Gasteiger partial charge in [-0.15, -0.1) is 0 Å². The van der Waals surface area contributed by atoms with Crippen molar-refractivity contribution in [3.8, 4) is 17.2 Å². The SMILES string of the molecule is CC1(C)c2cc(C#N)ccc2-c2ccc(C3=CC=CC4C(c5cccc(C(N)Nc6ccccn6)c5)=CC=CC34)cc21. The normalized spacial score (nSPS) is 20.0. The van der Waals surface area contributed by atoms with Gasteiger partial charge in [0.1, 0.15) is 12.0 Å². The van der Waals surface area contributed by atoms with Crippen molar-refractivity contribution in [2.75, 3.05) is 5.32 Å². The third-order valence-electron chi connectivity index (χ3n) is 8.98. The maximum absolute atomic E-state index is 9.50. The van der Waals surface area contributed by atoms with Gasteiger partial charge < -0.3 is 11.1 Å². The number of nitrogens with two attached hydrogens (primary N) is 1. The topological polar surface area (TPSA) is 74.7 Å². The molecular weight excluding hydrogens is 512 g/mol. The first-order valence-electron chi connectivity index (χ1n) is 14.4. The molecule has 4 aromatic rings. The molecule has 0 bridgehead atoms. The van der Waals surface area contributed by atoms with Gasteiger partial charge in [0.05, 0.1) is 11.6 Å². The molecule has 204 valence electrons. The van der Waals surface area contributed by atoms with Gasteiger partial charge in [0.25, 0.3) is 0 Å². The van der Waals surface area contributed by atoms with Gasteiger partial charge in [-0.3, -0.25) is 0 Å². The highest BCUT2D eigenvalue weighted by Crippen LogP contribution is 2.51. The van der Waals surface area contributed by atoms with Gasteiger partial charge in [0.2, 0.25) is 0 Å². The van der Waals surface area contributed by atoms with Crippen molar-refractivity contribution in [3.63, 3.8) is 0 Å². The first-order valence-corrected chi connectivity index (χ1v) is 14.4. The van der Waals surface area contributed by atoms with E-state index in [1.54, 1.807) is 6.20 Å². The van der Waals surface area contributed by atoms with E-state index >= 15 is 0 Å². The number of hydrogen-bond acceptors (Lipinski definition) is 4. The van der Waals surface area contributed by atoms with Crippen LogP contribution < -0.4 is 11.1 Å². The lowest BCUT2D eigenvalue weighted by Gasteiger charge is -2.33. The summed E-state index contributed by atoms with van der Waals surface area (Å²) in [6.07, 6.45) is 14.9. The maximum Gasteiger partial charge on any atom is 0.127 e. The Hall–Kier alpha value is -4.98. The number of hydrogen-bond donors (Lipinski definition) is 2. The van der Waals surface area contributed by atoms with Crippen molar-refractivity contribution in [1.82, 2.24) is 4.98 Å². The molecule has 3 aliphatic rings. The van der Waals surface area contributed by atoms with E-state index in [1.165, 1.54) is 44.5 Å². The van der Waals surface area contributed by atoms with Crippen molar-refractivity contribution in [2.24, 2.45) is 17.6 Å². The predicted octanol–water partition coefficient (Wildman–Crippen LogP) is 8.17. The quantitative estimate of drug-likeness (QED) is 0.249. The fourth-order valence-electron chi connectivity index (χ4n) is 6.78. The lowest BCUT2D eigenvalue weighted by Crippen LogP contribution is -2.22. The van der Waals surface area contributed by atoms with Crippen LogP contribution in [0.2, 0.25) is 0 Å². The van der Waals surface area contributed by atoms with Crippen LogP contribution in [0.3, 0.4) is 0 Å². The molecule has 3 unspecified atom stereocenters. The third-order valence-corrected chi connectivity index (χ3v) is 8.98. The smallest absolute Gasteiger partial charge is 0.127 e. The molecule has 0 radical (unpaired) electrons. The lowest BCUT2D eigenvalue weighted by molar-refractivity contribution is 0.658. The molecule has 1 aromatic heterocycles. The van der Waals surface area contributed by atoms with Crippen molar-refractivity contribution in [1.29, 1.82) is 5.26 Å². The highest BCUT2D eigenvalue weighted by atomic mass is 15.1. The largest absolute Gasteiger partial charge is 0.351 e. The molecule has 3 N–H and O–H groups in total. The van der Waals surface area contributed by atoms with E-state index in [1.807, 2.05) is 24.3 Å². The van der Waals surface area contributed by atoms with E-state index in [0.717, 1.165) is 11.4 Å². The van der Waals surface area contributed by atoms with Gasteiger partial charge in [0.15, 0.2) is 0 Å². The average Bonchev–Trinajstić information content (AvgIpc) is 3.26. The van der Waals surface area contributed by atoms with Crippen LogP contribution in [0.5, 0.6) is 0 Å². The van der Waals surface area contributed by atoms with E-state index in [-0.39, 0.29) is 23.4 Å². The van der Waals surface area contributed by atoms with E-state index in [4.69, 9.17) is 5.73 Å². The molecule has 4 nitrogen and oxygen atoms in total. The minimum absolute atomic E-state index is 0.173. The van der Waals surface area contributed by atoms with Gasteiger partial charge in [-0.1, -0.05) is 92.8 Å². The predicted molar refractivity (Wildman–Crippen MR) is 171 cm³/mol. The standard InChI is InChI=1S/C38H32N4/c1-38(2)34-20-24(23-39)15-17-32(34)33-18-16-26(22-35(33)38)29-11-7-12-30-28(10-6-13-31(29)30)25-8-5-9-27(21-25)37(40)42-36-14-3-4-19-41-36/h3-22,30-31,37H,40H2,1-2H3,(H,41,42). The van der Waals surface area contributed by atoms with Crippen LogP contribution in [0.25, 0.3) is 22.3 Å². The molecule has 3 aliphatic carbocycles. The highest BCUT2D eigenvalue weighted by Gasteiger charge is 2.37. The highest BCUT2D eigenvalue weighted by molar-refractivity contribution is 5.86. The number of nitrogens with zero attached hydrogens (tertiary/aromatic N) is 2. The second-order valence-corrected chi connectivity index (χ2v) is 11.8. The molecule has 0 saturated heterocycles. The van der Waals surface area contributed by atoms with E-state index in [9.17, 15) is 5.26 Å². The van der Waals surface area contributed by atoms with Gasteiger partial charge in [0, 0.05) is 23.4 Å². The Morgan fingerprint density at radius 3 is 2.19 bits per heavy atom. The second kappa shape index (κ2) is 10.1. The van der Waals surface area contributed by atoms with Crippen molar-refractivity contribution in [3.05, 3.63) is 155 Å². The summed E-state index contributed by atoms with van der Waals surface area (Å²) in [5.41, 5.74) is 18.2. The van der Waals surface area contributed by atoms with Gasteiger partial charge in [-0.2, -0.15) is 5.26 Å². The molecule has 4 heteroatoms. The molecule has 0 spiro atoms. The van der Waals surface area contributed by atoms with E-state index in [2.05, 4.69) is 121 Å². The Balaban J connectivity index is 1.18. The van der Waals surface area contributed by atoms with E-state index < -0.39 is 0 Å². The Kier molecular flexibility index (Phi) is 6.26. The molecule has 0 fully saturated rings. The Labute approximate surface area is 247 Å². The summed E-state index contributed by atoms with van der Waals surface area (Å²) in [5.74, 6) is 1.21. The third kappa shape index (κ3) is 4.31. The van der Waals surface area contributed by atoms with Crippen LogP contribution in [0.4, 0.5) is 5.82 Å². The monoisotopic (exact) mass is 544 g/mol. The van der Waals surface area contributed by atoms with Crippen molar-refractivity contribution < 1.29 is 0 Å². The van der Waals surface area contributed by atoms with Gasteiger partial charge >= 0.3 is 0 Å². The zero-order valence-electron chi connectivity index (χ0n) is 23.8. The van der Waals surface area contributed by atoms with E-state index in [0.29, 0.717) is 5.56 Å². The minimum Gasteiger partial charge on any atom is -0.351 e. The molecule has 0 amide bonds. The molecule has 0 aliphatic heterocycles. The van der Waals surface area contributed by atoms with Crippen molar-refractivity contribution in [2.45, 2.75) is 25.4 Å². The van der Waals surface area contributed by atoms with Crippen LogP contribution in [0.15, 0.2) is 122 Å². The first kappa shape index (κ1) is 26.0. The number of benzene rings is 3. The molecule has 3 aromatic carbocycles. The number of fused-ring (bicyclic) bond motifs is 4. The molecule has 7 rings (SSSR count). The minimum atomic E-state index is -0.365. The number of anilines is 1. The number of allylic oxidation sites excluding steroid dienone is 8. The number of nitriles is 1. The summed E-state index contributed by atoms with van der Waals surface area (Å²) >= 11 is 0. The number of pyridine rings is 1. The van der Waals surface area contributed by atoms with Crippen LogP contribution in [-0.4, -0.2) is 4.98 Å². The maximum atomic E-state index is 9.50. The molecule has 0 saturated carbocycles. The van der Waals surface area contributed by atoms with Gasteiger partial charge in [-0.05, 0) is 86.5 Å². The zero-order chi connectivity index (χ0) is 28.8. The second-order valence-electron chi connectivity index (χ2n) is 11.8. The molecule has 42 heavy (non-hydrogen) atoms. The van der Waals surface area contributed by atoms with Crippen LogP contribution in [0.1, 0.15) is 53.4 Å². The Morgan fingerprint density at radius 2 is 1.50 bits per heavy atom. The summed E-state index contributed by atoms with van der Waals surface area (Å²) < 4.78 is 0. The summed E-state index contributed by atoms with van der Waals surface area (Å²) in [6, 6.07) is 29.6. The molecular formula is C38H32N4. The zero-order valence-corrected chi connectivity index (χ0v) is 23.8. The van der Waals surface area contributed by atoms with Crippen LogP contribution >= 0.6 is 0 Å². The molecule has 1 heterocycles. The molecule has 3 atom stereocenters. The van der Waals surface area contributed by atoms with Gasteiger partial charge in [-0.25, -0.2) is 4.98 Å². The summed E-state index contributed by atoms with van der Waals surface area (Å²) in [6.45, 7) is 4.53. The van der Waals surface area contributed by atoms with Crippen molar-refractivity contribution >= 4 is 17.0 Å². The fourth-order valence-corrected chi connectivity index (χ4v) is 6.78.